The molecule has 2 nitrogen and oxygen atoms in total. The zero-order chi connectivity index (χ0) is 12.8. The molecule has 0 bridgehead atoms. The van der Waals surface area contributed by atoms with Gasteiger partial charge in [0.25, 0.3) is 0 Å². The van der Waals surface area contributed by atoms with E-state index in [0.717, 1.165) is 6.42 Å². The van der Waals surface area contributed by atoms with Gasteiger partial charge in [-0.15, -0.1) is 0 Å². The highest BCUT2D eigenvalue weighted by atomic mass is 16.1. The first-order chi connectivity index (χ1) is 7.30. The van der Waals surface area contributed by atoms with Crippen LogP contribution in [0, 0.1) is 5.41 Å². The van der Waals surface area contributed by atoms with Crippen molar-refractivity contribution in [2.24, 2.45) is 5.41 Å². The van der Waals surface area contributed by atoms with E-state index in [1.165, 1.54) is 5.57 Å². The first-order valence-electron chi connectivity index (χ1n) is 6.02. The second kappa shape index (κ2) is 6.62. The number of allylic oxidation sites excluding steroid dienone is 2. The standard InChI is InChI=1S/C9H14O.C5H10O/c1-7-4-8(10)6-9(2,3)5-7;1-3-5(6)4-2/h4H,5-6H2,1-3H3;3-4H2,1-2H3. The molecule has 92 valence electrons. The molecule has 1 rings (SSSR count). The molecule has 2 heteroatoms. The molecule has 0 spiro atoms. The highest BCUT2D eigenvalue weighted by molar-refractivity contribution is 5.91. The molecular weight excluding hydrogens is 200 g/mol. The molecule has 0 heterocycles. The highest BCUT2D eigenvalue weighted by Gasteiger charge is 2.25. The summed E-state index contributed by atoms with van der Waals surface area (Å²) in [5.41, 5.74) is 1.43. The van der Waals surface area contributed by atoms with Crippen LogP contribution in [0.5, 0.6) is 0 Å². The number of Topliss-reactive ketones (excluding diaryl/α,β-unsaturated/α-hetero) is 1. The van der Waals surface area contributed by atoms with E-state index < -0.39 is 0 Å². The predicted molar refractivity (Wildman–Crippen MR) is 67.4 cm³/mol. The summed E-state index contributed by atoms with van der Waals surface area (Å²) in [5.74, 6) is 0.628. The van der Waals surface area contributed by atoms with Crippen molar-refractivity contribution in [3.05, 3.63) is 11.6 Å². The first kappa shape index (κ1) is 15.1. The Balaban J connectivity index is 0.000000325. The summed E-state index contributed by atoms with van der Waals surface area (Å²) < 4.78 is 0. The molecule has 0 atom stereocenters. The summed E-state index contributed by atoms with van der Waals surface area (Å²) in [6, 6.07) is 0. The monoisotopic (exact) mass is 224 g/mol. The zero-order valence-corrected chi connectivity index (χ0v) is 11.2. The Bertz CT molecular complexity index is 279. The van der Waals surface area contributed by atoms with Gasteiger partial charge in [0, 0.05) is 19.3 Å². The molecule has 0 amide bonds. The van der Waals surface area contributed by atoms with Crippen molar-refractivity contribution in [2.45, 2.75) is 60.3 Å². The van der Waals surface area contributed by atoms with E-state index in [4.69, 9.17) is 0 Å². The van der Waals surface area contributed by atoms with Crippen LogP contribution in [0.1, 0.15) is 60.3 Å². The van der Waals surface area contributed by atoms with Gasteiger partial charge in [-0.3, -0.25) is 9.59 Å². The maximum Gasteiger partial charge on any atom is 0.156 e. The van der Waals surface area contributed by atoms with Gasteiger partial charge in [-0.25, -0.2) is 0 Å². The Labute approximate surface area is 99.1 Å². The van der Waals surface area contributed by atoms with Crippen molar-refractivity contribution >= 4 is 11.6 Å². The number of ketones is 2. The van der Waals surface area contributed by atoms with Gasteiger partial charge in [-0.2, -0.15) is 0 Å². The van der Waals surface area contributed by atoms with Gasteiger partial charge in [0.2, 0.25) is 0 Å². The fourth-order valence-corrected chi connectivity index (χ4v) is 1.92. The fraction of sp³-hybridized carbons (Fsp3) is 0.714. The molecule has 1 aliphatic rings. The fourth-order valence-electron chi connectivity index (χ4n) is 1.92. The van der Waals surface area contributed by atoms with Crippen LogP contribution < -0.4 is 0 Å². The third kappa shape index (κ3) is 6.54. The van der Waals surface area contributed by atoms with Gasteiger partial charge in [-0.05, 0) is 24.8 Å². The molecule has 0 fully saturated rings. The lowest BCUT2D eigenvalue weighted by atomic mass is 9.77. The van der Waals surface area contributed by atoms with Crippen LogP contribution in [0.2, 0.25) is 0 Å². The van der Waals surface area contributed by atoms with E-state index in [2.05, 4.69) is 13.8 Å². The molecule has 0 aromatic rings. The largest absolute Gasteiger partial charge is 0.300 e. The lowest BCUT2D eigenvalue weighted by Gasteiger charge is -2.27. The van der Waals surface area contributed by atoms with Crippen molar-refractivity contribution < 1.29 is 9.59 Å². The molecule has 0 N–H and O–H groups in total. The smallest absolute Gasteiger partial charge is 0.156 e. The number of hydrogen-bond acceptors (Lipinski definition) is 2. The van der Waals surface area contributed by atoms with E-state index in [1.54, 1.807) is 6.08 Å². The molecule has 0 aromatic heterocycles. The van der Waals surface area contributed by atoms with E-state index >= 15 is 0 Å². The third-order valence-electron chi connectivity index (χ3n) is 2.61. The van der Waals surface area contributed by atoms with Crippen molar-refractivity contribution in [3.8, 4) is 0 Å². The summed E-state index contributed by atoms with van der Waals surface area (Å²) in [4.78, 5) is 21.2. The second-order valence-electron chi connectivity index (χ2n) is 5.22. The lowest BCUT2D eigenvalue weighted by Crippen LogP contribution is -2.20. The molecule has 16 heavy (non-hydrogen) atoms. The summed E-state index contributed by atoms with van der Waals surface area (Å²) in [6.07, 6.45) is 4.93. The lowest BCUT2D eigenvalue weighted by molar-refractivity contribution is -0.118. The van der Waals surface area contributed by atoms with E-state index in [0.29, 0.717) is 25.0 Å². The minimum atomic E-state index is 0.204. The van der Waals surface area contributed by atoms with Gasteiger partial charge in [0.15, 0.2) is 5.78 Å². The van der Waals surface area contributed by atoms with Crippen LogP contribution in [0.3, 0.4) is 0 Å². The SMILES string of the molecule is CC1=CC(=O)CC(C)(C)C1.CCC(=O)CC. The van der Waals surface area contributed by atoms with E-state index in [9.17, 15) is 9.59 Å². The normalized spacial score (nSPS) is 18.3. The topological polar surface area (TPSA) is 34.1 Å². The zero-order valence-electron chi connectivity index (χ0n) is 11.2. The van der Waals surface area contributed by atoms with Gasteiger partial charge in [-0.1, -0.05) is 33.3 Å². The number of carbonyl (C=O) groups excluding carboxylic acids is 2. The van der Waals surface area contributed by atoms with Gasteiger partial charge in [0.1, 0.15) is 5.78 Å². The Kier molecular flexibility index (Phi) is 6.24. The van der Waals surface area contributed by atoms with Crippen molar-refractivity contribution in [3.63, 3.8) is 0 Å². The Morgan fingerprint density at radius 2 is 1.75 bits per heavy atom. The van der Waals surface area contributed by atoms with E-state index in [1.807, 2.05) is 20.8 Å². The van der Waals surface area contributed by atoms with Crippen molar-refractivity contribution in [2.75, 3.05) is 0 Å². The number of carbonyl (C=O) groups is 2. The van der Waals surface area contributed by atoms with E-state index in [-0.39, 0.29) is 11.2 Å². The minimum absolute atomic E-state index is 0.204. The van der Waals surface area contributed by atoms with Crippen molar-refractivity contribution in [1.82, 2.24) is 0 Å². The number of hydrogen-bond donors (Lipinski definition) is 0. The molecular formula is C14H24O2. The predicted octanol–water partition coefficient (Wildman–Crippen LogP) is 3.70. The summed E-state index contributed by atoms with van der Waals surface area (Å²) in [6.45, 7) is 10.1. The molecule has 0 unspecified atom stereocenters. The maximum absolute atomic E-state index is 11.0. The number of rotatable bonds is 2. The Morgan fingerprint density at radius 3 is 2.00 bits per heavy atom. The summed E-state index contributed by atoms with van der Waals surface area (Å²) in [7, 11) is 0. The second-order valence-corrected chi connectivity index (χ2v) is 5.22. The van der Waals surface area contributed by atoms with Crippen LogP contribution >= 0.6 is 0 Å². The quantitative estimate of drug-likeness (QED) is 0.716. The van der Waals surface area contributed by atoms with Gasteiger partial charge < -0.3 is 0 Å². The third-order valence-corrected chi connectivity index (χ3v) is 2.61. The molecule has 0 saturated carbocycles. The van der Waals surface area contributed by atoms with Crippen molar-refractivity contribution in [1.29, 1.82) is 0 Å². The molecule has 0 saturated heterocycles. The average molecular weight is 224 g/mol. The van der Waals surface area contributed by atoms with Gasteiger partial charge in [0.05, 0.1) is 0 Å². The minimum Gasteiger partial charge on any atom is -0.300 e. The molecule has 0 aromatic carbocycles. The maximum atomic E-state index is 11.0. The van der Waals surface area contributed by atoms with Crippen LogP contribution in [-0.2, 0) is 9.59 Å². The van der Waals surface area contributed by atoms with Crippen LogP contribution in [0.25, 0.3) is 0 Å². The van der Waals surface area contributed by atoms with Crippen LogP contribution in [-0.4, -0.2) is 11.6 Å². The average Bonchev–Trinajstić information content (AvgIpc) is 2.13. The first-order valence-corrected chi connectivity index (χ1v) is 6.02. The molecule has 0 radical (unpaired) electrons. The summed E-state index contributed by atoms with van der Waals surface area (Å²) >= 11 is 0. The molecule has 0 aliphatic heterocycles. The van der Waals surface area contributed by atoms with Gasteiger partial charge >= 0.3 is 0 Å². The van der Waals surface area contributed by atoms with Crippen LogP contribution in [0.15, 0.2) is 11.6 Å². The Hall–Kier alpha value is -0.920. The Morgan fingerprint density at radius 1 is 1.25 bits per heavy atom. The molecule has 1 aliphatic carbocycles. The highest BCUT2D eigenvalue weighted by Crippen LogP contribution is 2.32. The van der Waals surface area contributed by atoms with Crippen LogP contribution in [0.4, 0.5) is 0 Å². The summed E-state index contributed by atoms with van der Waals surface area (Å²) in [5, 5.41) is 0.